The number of hydrogen-bond donors (Lipinski definition) is 1. The lowest BCUT2D eigenvalue weighted by molar-refractivity contribution is -0.141. The number of halogens is 1. The molecule has 7 nitrogen and oxygen atoms in total. The summed E-state index contributed by atoms with van der Waals surface area (Å²) in [4.78, 5) is 28.4. The fourth-order valence-electron chi connectivity index (χ4n) is 3.92. The van der Waals surface area contributed by atoms with Crippen LogP contribution in [0.15, 0.2) is 48.5 Å². The van der Waals surface area contributed by atoms with Gasteiger partial charge in [0.15, 0.2) is 0 Å². The minimum Gasteiger partial charge on any atom is -0.350 e. The highest BCUT2D eigenvalue weighted by Crippen LogP contribution is 2.27. The van der Waals surface area contributed by atoms with Gasteiger partial charge in [-0.2, -0.15) is 0 Å². The quantitative estimate of drug-likeness (QED) is 0.470. The van der Waals surface area contributed by atoms with E-state index in [1.807, 2.05) is 39.8 Å². The van der Waals surface area contributed by atoms with Crippen molar-refractivity contribution < 1.29 is 18.0 Å². The summed E-state index contributed by atoms with van der Waals surface area (Å²) >= 11 is 6.39. The predicted molar refractivity (Wildman–Crippen MR) is 151 cm³/mol. The molecule has 1 unspecified atom stereocenters. The summed E-state index contributed by atoms with van der Waals surface area (Å²) in [6.45, 7) is 13.2. The number of carbonyl (C=O) groups excluding carboxylic acids is 2. The van der Waals surface area contributed by atoms with Gasteiger partial charge < -0.3 is 10.2 Å². The van der Waals surface area contributed by atoms with Crippen molar-refractivity contribution in [2.24, 2.45) is 0 Å². The Hall–Kier alpha value is -2.58. The standard InChI is InChI=1S/C28H40ClN3O4S/c1-9-24(26(34)30-28(5,6)7)31(18-20-12-10-11-13-23(20)29)25(33)19-32(37(8,35)36)22-16-14-21(15-17-22)27(2,3)4/h10-17,24H,9,18-19H2,1-8H3,(H,30,34). The van der Waals surface area contributed by atoms with Crippen LogP contribution in [0.2, 0.25) is 5.02 Å². The van der Waals surface area contributed by atoms with Gasteiger partial charge in [0.2, 0.25) is 21.8 Å². The first-order valence-electron chi connectivity index (χ1n) is 12.4. The van der Waals surface area contributed by atoms with Gasteiger partial charge in [-0.05, 0) is 61.9 Å². The molecule has 2 aromatic carbocycles. The van der Waals surface area contributed by atoms with Gasteiger partial charge in [0.05, 0.1) is 11.9 Å². The third-order valence-corrected chi connectivity index (χ3v) is 7.39. The molecule has 0 aliphatic carbocycles. The van der Waals surface area contributed by atoms with Crippen LogP contribution >= 0.6 is 11.6 Å². The van der Waals surface area contributed by atoms with Crippen LogP contribution in [-0.4, -0.2) is 49.5 Å². The smallest absolute Gasteiger partial charge is 0.244 e. The van der Waals surface area contributed by atoms with E-state index in [1.54, 1.807) is 36.4 Å². The van der Waals surface area contributed by atoms with E-state index >= 15 is 0 Å². The summed E-state index contributed by atoms with van der Waals surface area (Å²) in [5.74, 6) is -0.808. The fourth-order valence-corrected chi connectivity index (χ4v) is 4.97. The first-order valence-corrected chi connectivity index (χ1v) is 14.6. The van der Waals surface area contributed by atoms with Crippen LogP contribution in [0.25, 0.3) is 0 Å². The molecular formula is C28H40ClN3O4S. The van der Waals surface area contributed by atoms with Gasteiger partial charge in [-0.3, -0.25) is 13.9 Å². The van der Waals surface area contributed by atoms with E-state index in [0.29, 0.717) is 22.7 Å². The average molecular weight is 550 g/mol. The van der Waals surface area contributed by atoms with Crippen LogP contribution in [0, 0.1) is 0 Å². The Morgan fingerprint density at radius 3 is 2.00 bits per heavy atom. The van der Waals surface area contributed by atoms with E-state index in [1.165, 1.54) is 4.90 Å². The molecule has 204 valence electrons. The predicted octanol–water partition coefficient (Wildman–Crippen LogP) is 5.13. The van der Waals surface area contributed by atoms with E-state index in [0.717, 1.165) is 16.1 Å². The number of hydrogen-bond acceptors (Lipinski definition) is 4. The Bertz CT molecular complexity index is 1200. The van der Waals surface area contributed by atoms with Crippen LogP contribution in [0.4, 0.5) is 5.69 Å². The van der Waals surface area contributed by atoms with E-state index < -0.39 is 34.1 Å². The van der Waals surface area contributed by atoms with Crippen LogP contribution in [0.3, 0.4) is 0 Å². The normalized spacial score (nSPS) is 13.1. The first-order chi connectivity index (χ1) is 16.9. The van der Waals surface area contributed by atoms with Gasteiger partial charge in [0.25, 0.3) is 0 Å². The maximum Gasteiger partial charge on any atom is 0.244 e. The van der Waals surface area contributed by atoms with Crippen molar-refractivity contribution in [3.05, 3.63) is 64.7 Å². The third-order valence-electron chi connectivity index (χ3n) is 5.88. The fraction of sp³-hybridized carbons (Fsp3) is 0.500. The van der Waals surface area contributed by atoms with Crippen molar-refractivity contribution in [1.82, 2.24) is 10.2 Å². The summed E-state index contributed by atoms with van der Waals surface area (Å²) in [6, 6.07) is 13.4. The molecule has 0 aliphatic rings. The Morgan fingerprint density at radius 1 is 0.973 bits per heavy atom. The number of anilines is 1. The van der Waals surface area contributed by atoms with Crippen LogP contribution < -0.4 is 9.62 Å². The average Bonchev–Trinajstić information content (AvgIpc) is 2.76. The highest BCUT2D eigenvalue weighted by Gasteiger charge is 2.33. The van der Waals surface area contributed by atoms with E-state index in [2.05, 4.69) is 26.1 Å². The van der Waals surface area contributed by atoms with Gasteiger partial charge in [0.1, 0.15) is 12.6 Å². The molecule has 0 spiro atoms. The van der Waals surface area contributed by atoms with E-state index in [-0.39, 0.29) is 17.9 Å². The Balaban J connectivity index is 2.48. The first kappa shape index (κ1) is 30.6. The zero-order valence-corrected chi connectivity index (χ0v) is 24.7. The molecule has 0 saturated carbocycles. The van der Waals surface area contributed by atoms with Gasteiger partial charge >= 0.3 is 0 Å². The monoisotopic (exact) mass is 549 g/mol. The molecule has 9 heteroatoms. The molecule has 0 heterocycles. The SMILES string of the molecule is CCC(C(=O)NC(C)(C)C)N(Cc1ccccc1Cl)C(=O)CN(c1ccc(C(C)(C)C)cc1)S(C)(=O)=O. The molecule has 2 amide bonds. The lowest BCUT2D eigenvalue weighted by Gasteiger charge is -2.34. The van der Waals surface area contributed by atoms with Crippen molar-refractivity contribution in [3.8, 4) is 0 Å². The highest BCUT2D eigenvalue weighted by molar-refractivity contribution is 7.92. The lowest BCUT2D eigenvalue weighted by Crippen LogP contribution is -2.55. The number of nitrogens with one attached hydrogen (secondary N) is 1. The molecule has 37 heavy (non-hydrogen) atoms. The molecule has 1 atom stereocenters. The molecule has 0 fully saturated rings. The largest absolute Gasteiger partial charge is 0.350 e. The van der Waals surface area contributed by atoms with Crippen molar-refractivity contribution in [2.45, 2.75) is 78.4 Å². The Labute approximate surface area is 227 Å². The highest BCUT2D eigenvalue weighted by atomic mass is 35.5. The summed E-state index contributed by atoms with van der Waals surface area (Å²) in [5.41, 5.74) is 1.48. The molecule has 1 N–H and O–H groups in total. The molecule has 2 rings (SSSR count). The topological polar surface area (TPSA) is 86.8 Å². The van der Waals surface area contributed by atoms with E-state index in [9.17, 15) is 18.0 Å². The van der Waals surface area contributed by atoms with Crippen molar-refractivity contribution in [2.75, 3.05) is 17.1 Å². The molecule has 0 bridgehead atoms. The zero-order chi connectivity index (χ0) is 28.2. The van der Waals surface area contributed by atoms with Crippen LogP contribution in [0.1, 0.15) is 66.0 Å². The Morgan fingerprint density at radius 2 is 1.54 bits per heavy atom. The van der Waals surface area contributed by atoms with Crippen molar-refractivity contribution >= 4 is 39.1 Å². The molecular weight excluding hydrogens is 510 g/mol. The molecule has 0 radical (unpaired) electrons. The second-order valence-corrected chi connectivity index (χ2v) is 13.7. The van der Waals surface area contributed by atoms with Gasteiger partial charge in [-0.1, -0.05) is 69.6 Å². The summed E-state index contributed by atoms with van der Waals surface area (Å²) in [7, 11) is -3.80. The summed E-state index contributed by atoms with van der Waals surface area (Å²) in [6.07, 6.45) is 1.41. The minimum absolute atomic E-state index is 0.0646. The number of benzene rings is 2. The second kappa shape index (κ2) is 11.9. The maximum absolute atomic E-state index is 13.8. The second-order valence-electron chi connectivity index (χ2n) is 11.3. The number of carbonyl (C=O) groups is 2. The number of nitrogens with zero attached hydrogens (tertiary/aromatic N) is 2. The van der Waals surface area contributed by atoms with Crippen molar-refractivity contribution in [3.63, 3.8) is 0 Å². The third kappa shape index (κ3) is 8.75. The minimum atomic E-state index is -3.80. The lowest BCUT2D eigenvalue weighted by atomic mass is 9.87. The van der Waals surface area contributed by atoms with Gasteiger partial charge in [-0.25, -0.2) is 8.42 Å². The van der Waals surface area contributed by atoms with Crippen LogP contribution in [0.5, 0.6) is 0 Å². The number of sulfonamides is 1. The summed E-state index contributed by atoms with van der Waals surface area (Å²) < 4.78 is 26.7. The van der Waals surface area contributed by atoms with Gasteiger partial charge in [-0.15, -0.1) is 0 Å². The Kier molecular flexibility index (Phi) is 9.82. The van der Waals surface area contributed by atoms with Gasteiger partial charge in [0, 0.05) is 17.1 Å². The molecule has 0 saturated heterocycles. The molecule has 0 aliphatic heterocycles. The summed E-state index contributed by atoms with van der Waals surface area (Å²) in [5, 5.41) is 3.41. The maximum atomic E-state index is 13.8. The molecule has 0 aromatic heterocycles. The number of amides is 2. The van der Waals surface area contributed by atoms with Crippen molar-refractivity contribution in [1.29, 1.82) is 0 Å². The zero-order valence-electron chi connectivity index (χ0n) is 23.1. The van der Waals surface area contributed by atoms with E-state index in [4.69, 9.17) is 11.6 Å². The number of rotatable bonds is 9. The van der Waals surface area contributed by atoms with Crippen LogP contribution in [-0.2, 0) is 31.6 Å². The molecule has 2 aromatic rings.